The van der Waals surface area contributed by atoms with E-state index in [0.717, 1.165) is 16.0 Å². The maximum Gasteiger partial charge on any atom is 0.263 e. The van der Waals surface area contributed by atoms with E-state index in [1.807, 2.05) is 26.0 Å². The van der Waals surface area contributed by atoms with Crippen LogP contribution in [0.2, 0.25) is 0 Å². The van der Waals surface area contributed by atoms with Crippen LogP contribution >= 0.6 is 11.3 Å². The fraction of sp³-hybridized carbons (Fsp3) is 0.188. The van der Waals surface area contributed by atoms with Crippen molar-refractivity contribution < 1.29 is 12.9 Å². The fourth-order valence-electron chi connectivity index (χ4n) is 2.26. The van der Waals surface area contributed by atoms with E-state index in [-0.39, 0.29) is 4.90 Å². The molecule has 0 amide bonds. The molecule has 0 saturated carbocycles. The zero-order chi connectivity index (χ0) is 16.6. The molecule has 1 N–H and O–H groups in total. The monoisotopic (exact) mass is 348 g/mol. The molecule has 0 saturated heterocycles. The van der Waals surface area contributed by atoms with Gasteiger partial charge in [0.05, 0.1) is 16.8 Å². The molecule has 120 valence electrons. The van der Waals surface area contributed by atoms with E-state index in [1.165, 1.54) is 17.5 Å². The van der Waals surface area contributed by atoms with Crippen molar-refractivity contribution in [3.05, 3.63) is 52.5 Å². The number of nitrogens with zero attached hydrogens (tertiary/aromatic N) is 1. The van der Waals surface area contributed by atoms with Gasteiger partial charge in [-0.25, -0.2) is 8.42 Å². The number of hydrogen-bond donors (Lipinski definition) is 1. The lowest BCUT2D eigenvalue weighted by Crippen LogP contribution is -2.14. The summed E-state index contributed by atoms with van der Waals surface area (Å²) < 4.78 is 33.2. The van der Waals surface area contributed by atoms with Crippen LogP contribution in [0.1, 0.15) is 16.0 Å². The first kappa shape index (κ1) is 15.8. The molecule has 0 spiro atoms. The standard InChI is InChI=1S/C16H16N2O3S2/c1-10-5-4-6-13(11(10)2)18-23(19,20)16-9-15(22-12(16)3)14-7-8-17-21-14/h4-9,18H,1-3H3. The van der Waals surface area contributed by atoms with Gasteiger partial charge >= 0.3 is 0 Å². The second kappa shape index (κ2) is 5.82. The van der Waals surface area contributed by atoms with E-state index in [0.29, 0.717) is 16.3 Å². The Labute approximate surface area is 139 Å². The lowest BCUT2D eigenvalue weighted by atomic mass is 10.1. The number of rotatable bonds is 4. The molecule has 2 aromatic heterocycles. The van der Waals surface area contributed by atoms with Crippen LogP contribution in [0.3, 0.4) is 0 Å². The molecule has 3 rings (SSSR count). The Bertz CT molecular complexity index is 942. The van der Waals surface area contributed by atoms with Gasteiger partial charge in [0.15, 0.2) is 5.76 Å². The Balaban J connectivity index is 1.99. The maximum absolute atomic E-state index is 12.7. The molecular formula is C16H16N2O3S2. The van der Waals surface area contributed by atoms with Crippen molar-refractivity contribution >= 4 is 27.0 Å². The summed E-state index contributed by atoms with van der Waals surface area (Å²) in [6, 6.07) is 8.87. The molecule has 2 heterocycles. The minimum absolute atomic E-state index is 0.259. The Morgan fingerprint density at radius 2 is 1.96 bits per heavy atom. The molecule has 0 aliphatic heterocycles. The number of thiophene rings is 1. The summed E-state index contributed by atoms with van der Waals surface area (Å²) in [4.78, 5) is 1.70. The first-order chi connectivity index (χ1) is 10.9. The third-order valence-corrected chi connectivity index (χ3v) is 6.38. The highest BCUT2D eigenvalue weighted by Gasteiger charge is 2.22. The van der Waals surface area contributed by atoms with Crippen LogP contribution in [0.25, 0.3) is 10.6 Å². The zero-order valence-corrected chi connectivity index (χ0v) is 14.6. The summed E-state index contributed by atoms with van der Waals surface area (Å²) in [6.07, 6.45) is 1.53. The summed E-state index contributed by atoms with van der Waals surface area (Å²) >= 11 is 1.36. The molecular weight excluding hydrogens is 332 g/mol. The van der Waals surface area contributed by atoms with Crippen molar-refractivity contribution in [2.45, 2.75) is 25.7 Å². The topological polar surface area (TPSA) is 72.2 Å². The number of anilines is 1. The molecule has 0 unspecified atom stereocenters. The summed E-state index contributed by atoms with van der Waals surface area (Å²) in [5.74, 6) is 0.561. The second-order valence-electron chi connectivity index (χ2n) is 5.26. The zero-order valence-electron chi connectivity index (χ0n) is 13.0. The second-order valence-corrected chi connectivity index (χ2v) is 8.17. The van der Waals surface area contributed by atoms with Crippen LogP contribution in [0.4, 0.5) is 5.69 Å². The Morgan fingerprint density at radius 1 is 1.17 bits per heavy atom. The highest BCUT2D eigenvalue weighted by molar-refractivity contribution is 7.93. The van der Waals surface area contributed by atoms with Crippen molar-refractivity contribution in [3.63, 3.8) is 0 Å². The SMILES string of the molecule is Cc1cccc(NS(=O)(=O)c2cc(-c3ccno3)sc2C)c1C. The van der Waals surface area contributed by atoms with E-state index >= 15 is 0 Å². The minimum Gasteiger partial charge on any atom is -0.355 e. The van der Waals surface area contributed by atoms with Gasteiger partial charge in [0, 0.05) is 10.9 Å². The normalized spacial score (nSPS) is 11.6. The van der Waals surface area contributed by atoms with Crippen molar-refractivity contribution in [2.75, 3.05) is 4.72 Å². The van der Waals surface area contributed by atoms with E-state index in [2.05, 4.69) is 9.88 Å². The van der Waals surface area contributed by atoms with Crippen LogP contribution < -0.4 is 4.72 Å². The Hall–Kier alpha value is -2.12. The molecule has 0 aliphatic carbocycles. The van der Waals surface area contributed by atoms with Crippen LogP contribution in [0.15, 0.2) is 45.9 Å². The summed E-state index contributed by atoms with van der Waals surface area (Å²) in [6.45, 7) is 5.63. The number of aryl methyl sites for hydroxylation is 2. The van der Waals surface area contributed by atoms with Crippen LogP contribution in [-0.2, 0) is 10.0 Å². The highest BCUT2D eigenvalue weighted by atomic mass is 32.2. The summed E-state index contributed by atoms with van der Waals surface area (Å²) in [7, 11) is -3.66. The van der Waals surface area contributed by atoms with Gasteiger partial charge in [-0.05, 0) is 44.0 Å². The van der Waals surface area contributed by atoms with Crippen molar-refractivity contribution in [1.82, 2.24) is 5.16 Å². The highest BCUT2D eigenvalue weighted by Crippen LogP contribution is 2.34. The van der Waals surface area contributed by atoms with Gasteiger partial charge in [0.2, 0.25) is 0 Å². The van der Waals surface area contributed by atoms with E-state index in [4.69, 9.17) is 4.52 Å². The summed E-state index contributed by atoms with van der Waals surface area (Å²) in [5.41, 5.74) is 2.55. The first-order valence-corrected chi connectivity index (χ1v) is 9.29. The Kier molecular flexibility index (Phi) is 3.99. The van der Waals surface area contributed by atoms with E-state index < -0.39 is 10.0 Å². The quantitative estimate of drug-likeness (QED) is 0.769. The number of hydrogen-bond acceptors (Lipinski definition) is 5. The van der Waals surface area contributed by atoms with E-state index in [1.54, 1.807) is 25.1 Å². The predicted molar refractivity (Wildman–Crippen MR) is 91.3 cm³/mol. The number of benzene rings is 1. The smallest absolute Gasteiger partial charge is 0.263 e. The first-order valence-electron chi connectivity index (χ1n) is 6.99. The summed E-state index contributed by atoms with van der Waals surface area (Å²) in [5, 5.41) is 3.66. The molecule has 0 aliphatic rings. The van der Waals surface area contributed by atoms with Gasteiger partial charge in [0.25, 0.3) is 10.0 Å². The molecule has 1 aromatic carbocycles. The number of aromatic nitrogens is 1. The van der Waals surface area contributed by atoms with Gasteiger partial charge in [-0.3, -0.25) is 4.72 Å². The lowest BCUT2D eigenvalue weighted by molar-refractivity contribution is 0.433. The maximum atomic E-state index is 12.7. The van der Waals surface area contributed by atoms with Crippen LogP contribution in [-0.4, -0.2) is 13.6 Å². The van der Waals surface area contributed by atoms with Crippen LogP contribution in [0, 0.1) is 20.8 Å². The van der Waals surface area contributed by atoms with Gasteiger partial charge < -0.3 is 4.52 Å². The predicted octanol–water partition coefficient (Wildman–Crippen LogP) is 4.13. The van der Waals surface area contributed by atoms with Gasteiger partial charge in [-0.15, -0.1) is 11.3 Å². The van der Waals surface area contributed by atoms with Crippen molar-refractivity contribution in [3.8, 4) is 10.6 Å². The molecule has 0 bridgehead atoms. The van der Waals surface area contributed by atoms with Crippen LogP contribution in [0.5, 0.6) is 0 Å². The van der Waals surface area contributed by atoms with Gasteiger partial charge in [-0.2, -0.15) is 0 Å². The molecule has 23 heavy (non-hydrogen) atoms. The Morgan fingerprint density at radius 3 is 2.65 bits per heavy atom. The van der Waals surface area contributed by atoms with Crippen molar-refractivity contribution in [2.24, 2.45) is 0 Å². The molecule has 0 radical (unpaired) electrons. The molecule has 7 heteroatoms. The average molecular weight is 348 g/mol. The molecule has 3 aromatic rings. The minimum atomic E-state index is -3.66. The fourth-order valence-corrected chi connectivity index (χ4v) is 4.93. The van der Waals surface area contributed by atoms with Crippen molar-refractivity contribution in [1.29, 1.82) is 0 Å². The van der Waals surface area contributed by atoms with Gasteiger partial charge in [0.1, 0.15) is 4.90 Å². The average Bonchev–Trinajstić information content (AvgIpc) is 3.13. The third kappa shape index (κ3) is 3.02. The van der Waals surface area contributed by atoms with Gasteiger partial charge in [-0.1, -0.05) is 17.3 Å². The van der Waals surface area contributed by atoms with E-state index in [9.17, 15) is 8.42 Å². The number of sulfonamides is 1. The molecule has 0 fully saturated rings. The largest absolute Gasteiger partial charge is 0.355 e. The molecule has 5 nitrogen and oxygen atoms in total. The molecule has 0 atom stereocenters. The third-order valence-electron chi connectivity index (χ3n) is 3.69. The number of nitrogens with one attached hydrogen (secondary N) is 1. The lowest BCUT2D eigenvalue weighted by Gasteiger charge is -2.11.